The smallest absolute Gasteiger partial charge is 0.384 e. The molecule has 0 amide bonds. The maximum atomic E-state index is 12.8. The quantitative estimate of drug-likeness (QED) is 0.641. The van der Waals surface area contributed by atoms with Crippen molar-refractivity contribution < 1.29 is 13.2 Å². The number of nitrogens with two attached hydrogens (primary N) is 1. The SMILES string of the molecule is CC(C)CC(C)N(C)c1ccc(C(F)(F)F)cc1C(=N)N. The average Bonchev–Trinajstić information content (AvgIpc) is 2.35. The Labute approximate surface area is 123 Å². The second kappa shape index (κ2) is 6.37. The van der Waals surface area contributed by atoms with Gasteiger partial charge in [-0.2, -0.15) is 13.2 Å². The maximum Gasteiger partial charge on any atom is 0.416 e. The van der Waals surface area contributed by atoms with Crippen molar-refractivity contribution in [3.05, 3.63) is 29.3 Å². The lowest BCUT2D eigenvalue weighted by atomic mass is 10.0. The normalized spacial score (nSPS) is 13.3. The zero-order valence-electron chi connectivity index (χ0n) is 12.8. The number of alkyl halides is 3. The van der Waals surface area contributed by atoms with Crippen molar-refractivity contribution in [2.45, 2.75) is 39.4 Å². The van der Waals surface area contributed by atoms with Crippen LogP contribution in [0.3, 0.4) is 0 Å². The molecule has 118 valence electrons. The molecule has 1 aromatic carbocycles. The van der Waals surface area contributed by atoms with E-state index < -0.39 is 11.7 Å². The van der Waals surface area contributed by atoms with E-state index in [1.165, 1.54) is 6.07 Å². The Bertz CT molecular complexity index is 509. The first-order valence-corrected chi connectivity index (χ1v) is 6.82. The molecule has 0 spiro atoms. The molecule has 1 atom stereocenters. The van der Waals surface area contributed by atoms with Gasteiger partial charge < -0.3 is 10.6 Å². The number of benzene rings is 1. The Morgan fingerprint density at radius 2 is 1.86 bits per heavy atom. The van der Waals surface area contributed by atoms with Crippen LogP contribution < -0.4 is 10.6 Å². The van der Waals surface area contributed by atoms with E-state index in [4.69, 9.17) is 11.1 Å². The van der Waals surface area contributed by atoms with Crippen molar-refractivity contribution in [1.82, 2.24) is 0 Å². The number of anilines is 1. The van der Waals surface area contributed by atoms with Gasteiger partial charge in [0, 0.05) is 24.3 Å². The second-order valence-electron chi connectivity index (χ2n) is 5.73. The third-order valence-corrected chi connectivity index (χ3v) is 3.47. The third-order valence-electron chi connectivity index (χ3n) is 3.47. The number of rotatable bonds is 5. The number of hydrogen-bond donors (Lipinski definition) is 2. The molecule has 0 aliphatic carbocycles. The minimum Gasteiger partial charge on any atom is -0.384 e. The van der Waals surface area contributed by atoms with Crippen LogP contribution in [0.1, 0.15) is 38.3 Å². The van der Waals surface area contributed by atoms with E-state index in [1.807, 2.05) is 18.9 Å². The number of nitrogens with zero attached hydrogens (tertiary/aromatic N) is 1. The molecule has 0 aliphatic rings. The minimum atomic E-state index is -4.44. The predicted molar refractivity (Wildman–Crippen MR) is 79.8 cm³/mol. The molecule has 0 saturated heterocycles. The van der Waals surface area contributed by atoms with Crippen molar-refractivity contribution in [2.24, 2.45) is 11.7 Å². The Balaban J connectivity index is 3.21. The summed E-state index contributed by atoms with van der Waals surface area (Å²) >= 11 is 0. The Kier molecular flexibility index (Phi) is 5.25. The molecule has 6 heteroatoms. The summed E-state index contributed by atoms with van der Waals surface area (Å²) in [7, 11) is 1.81. The molecule has 0 bridgehead atoms. The Hall–Kier alpha value is -1.72. The van der Waals surface area contributed by atoms with Crippen LogP contribution in [-0.4, -0.2) is 18.9 Å². The highest BCUT2D eigenvalue weighted by Gasteiger charge is 2.31. The van der Waals surface area contributed by atoms with Gasteiger partial charge in [-0.1, -0.05) is 13.8 Å². The van der Waals surface area contributed by atoms with Crippen molar-refractivity contribution in [3.63, 3.8) is 0 Å². The highest BCUT2D eigenvalue weighted by Crippen LogP contribution is 2.33. The van der Waals surface area contributed by atoms with Gasteiger partial charge in [0.05, 0.1) is 5.56 Å². The molecule has 1 unspecified atom stereocenters. The van der Waals surface area contributed by atoms with E-state index in [1.54, 1.807) is 0 Å². The van der Waals surface area contributed by atoms with Crippen LogP contribution in [0.5, 0.6) is 0 Å². The molecule has 3 N–H and O–H groups in total. The van der Waals surface area contributed by atoms with E-state index in [-0.39, 0.29) is 17.4 Å². The van der Waals surface area contributed by atoms with Crippen LogP contribution in [0.2, 0.25) is 0 Å². The summed E-state index contributed by atoms with van der Waals surface area (Å²) in [5.41, 5.74) is 5.32. The van der Waals surface area contributed by atoms with Gasteiger partial charge in [-0.05, 0) is 37.5 Å². The fraction of sp³-hybridized carbons (Fsp3) is 0.533. The number of hydrogen-bond acceptors (Lipinski definition) is 2. The summed E-state index contributed by atoms with van der Waals surface area (Å²) < 4.78 is 38.3. The largest absolute Gasteiger partial charge is 0.416 e. The molecule has 0 radical (unpaired) electrons. The minimum absolute atomic E-state index is 0.114. The van der Waals surface area contributed by atoms with Gasteiger partial charge in [0.25, 0.3) is 0 Å². The monoisotopic (exact) mass is 301 g/mol. The molecular formula is C15H22F3N3. The molecule has 21 heavy (non-hydrogen) atoms. The molecule has 0 fully saturated rings. The van der Waals surface area contributed by atoms with Gasteiger partial charge >= 0.3 is 6.18 Å². The molecule has 0 aliphatic heterocycles. The van der Waals surface area contributed by atoms with Crippen LogP contribution in [-0.2, 0) is 6.18 Å². The summed E-state index contributed by atoms with van der Waals surface area (Å²) in [4.78, 5) is 1.87. The first kappa shape index (κ1) is 17.3. The average molecular weight is 301 g/mol. The van der Waals surface area contributed by atoms with Gasteiger partial charge in [0.2, 0.25) is 0 Å². The van der Waals surface area contributed by atoms with Crippen molar-refractivity contribution in [3.8, 4) is 0 Å². The molecule has 0 heterocycles. The number of amidine groups is 1. The molecular weight excluding hydrogens is 279 g/mol. The fourth-order valence-corrected chi connectivity index (χ4v) is 2.31. The lowest BCUT2D eigenvalue weighted by Gasteiger charge is -2.30. The zero-order valence-corrected chi connectivity index (χ0v) is 12.8. The number of halogens is 3. The van der Waals surface area contributed by atoms with Gasteiger partial charge in [-0.3, -0.25) is 5.41 Å². The topological polar surface area (TPSA) is 53.1 Å². The van der Waals surface area contributed by atoms with Crippen LogP contribution >= 0.6 is 0 Å². The summed E-state index contributed by atoms with van der Waals surface area (Å²) in [6.45, 7) is 6.17. The van der Waals surface area contributed by atoms with Gasteiger partial charge in [-0.25, -0.2) is 0 Å². The second-order valence-corrected chi connectivity index (χ2v) is 5.73. The summed E-state index contributed by atoms with van der Waals surface area (Å²) in [6, 6.07) is 3.49. The van der Waals surface area contributed by atoms with Gasteiger partial charge in [-0.15, -0.1) is 0 Å². The predicted octanol–water partition coefficient (Wildman–Crippen LogP) is 3.86. The first-order chi connectivity index (χ1) is 9.54. The summed E-state index contributed by atoms with van der Waals surface area (Å²) in [6.07, 6.45) is -3.54. The lowest BCUT2D eigenvalue weighted by Crippen LogP contribution is -2.32. The molecule has 3 nitrogen and oxygen atoms in total. The van der Waals surface area contributed by atoms with E-state index >= 15 is 0 Å². The first-order valence-electron chi connectivity index (χ1n) is 6.82. The molecule has 1 aromatic rings. The van der Waals surface area contributed by atoms with Crippen LogP contribution in [0.4, 0.5) is 18.9 Å². The van der Waals surface area contributed by atoms with E-state index in [9.17, 15) is 13.2 Å². The zero-order chi connectivity index (χ0) is 16.4. The molecule has 0 saturated carbocycles. The van der Waals surface area contributed by atoms with Crippen molar-refractivity contribution >= 4 is 11.5 Å². The van der Waals surface area contributed by atoms with E-state index in [2.05, 4.69) is 13.8 Å². The third kappa shape index (κ3) is 4.37. The van der Waals surface area contributed by atoms with Crippen molar-refractivity contribution in [2.75, 3.05) is 11.9 Å². The molecule has 1 rings (SSSR count). The van der Waals surface area contributed by atoms with Crippen LogP contribution in [0, 0.1) is 11.3 Å². The van der Waals surface area contributed by atoms with E-state index in [0.29, 0.717) is 11.6 Å². The van der Waals surface area contributed by atoms with Crippen LogP contribution in [0.15, 0.2) is 18.2 Å². The van der Waals surface area contributed by atoms with Crippen molar-refractivity contribution in [1.29, 1.82) is 5.41 Å². The number of nitrogen functional groups attached to an aromatic ring is 1. The highest BCUT2D eigenvalue weighted by atomic mass is 19.4. The highest BCUT2D eigenvalue weighted by molar-refractivity contribution is 6.00. The van der Waals surface area contributed by atoms with Gasteiger partial charge in [0.15, 0.2) is 0 Å². The number of nitrogens with one attached hydrogen (secondary N) is 1. The van der Waals surface area contributed by atoms with Crippen LogP contribution in [0.25, 0.3) is 0 Å². The Morgan fingerprint density at radius 1 is 1.29 bits per heavy atom. The lowest BCUT2D eigenvalue weighted by molar-refractivity contribution is -0.137. The summed E-state index contributed by atoms with van der Waals surface area (Å²) in [5.74, 6) is 0.109. The standard InChI is InChI=1S/C15H22F3N3/c1-9(2)7-10(3)21(4)13-6-5-11(15(16,17)18)8-12(13)14(19)20/h5-6,8-10H,7H2,1-4H3,(H3,19,20). The fourth-order valence-electron chi connectivity index (χ4n) is 2.31. The summed E-state index contributed by atoms with van der Waals surface area (Å²) in [5, 5.41) is 7.54. The molecule has 0 aromatic heterocycles. The van der Waals surface area contributed by atoms with Gasteiger partial charge in [0.1, 0.15) is 5.84 Å². The maximum absolute atomic E-state index is 12.8. The van der Waals surface area contributed by atoms with E-state index in [0.717, 1.165) is 18.6 Å². The Morgan fingerprint density at radius 3 is 2.29 bits per heavy atom.